The number of carbonyl (C=O) groups excluding carboxylic acids is 1. The normalized spacial score (nSPS) is 11.7. The number of Topliss-reactive ketones (excluding diaryl/α,β-unsaturated/α-hetero) is 1. The Hall–Kier alpha value is -1.52. The molecule has 0 amide bonds. The molecular weight excluding hydrogens is 269 g/mol. The molecule has 0 saturated carbocycles. The predicted molar refractivity (Wildman–Crippen MR) is 70.8 cm³/mol. The van der Waals surface area contributed by atoms with Crippen LogP contribution in [0.3, 0.4) is 0 Å². The predicted octanol–water partition coefficient (Wildman–Crippen LogP) is 4.98. The van der Waals surface area contributed by atoms with Crippen molar-refractivity contribution in [3.63, 3.8) is 0 Å². The summed E-state index contributed by atoms with van der Waals surface area (Å²) in [6.07, 6.45) is -1.29. The van der Waals surface area contributed by atoms with Crippen molar-refractivity contribution in [2.75, 3.05) is 0 Å². The first-order valence-electron chi connectivity index (χ1n) is 6.77. The summed E-state index contributed by atoms with van der Waals surface area (Å²) in [5, 5.41) is 0. The van der Waals surface area contributed by atoms with Gasteiger partial charge in [0.25, 0.3) is 0 Å². The zero-order valence-electron chi connectivity index (χ0n) is 11.7. The van der Waals surface area contributed by atoms with Gasteiger partial charge in [-0.25, -0.2) is 0 Å². The van der Waals surface area contributed by atoms with Crippen LogP contribution in [0.2, 0.25) is 0 Å². The molecule has 0 aliphatic rings. The van der Waals surface area contributed by atoms with Crippen molar-refractivity contribution in [3.8, 4) is 5.75 Å². The van der Waals surface area contributed by atoms with Gasteiger partial charge in [0.15, 0.2) is 5.78 Å². The Morgan fingerprint density at radius 3 is 2.00 bits per heavy atom. The van der Waals surface area contributed by atoms with Crippen molar-refractivity contribution in [3.05, 3.63) is 29.8 Å². The zero-order valence-corrected chi connectivity index (χ0v) is 11.7. The summed E-state index contributed by atoms with van der Waals surface area (Å²) in [6.45, 7) is 4.02. The third-order valence-corrected chi connectivity index (χ3v) is 3.02. The summed E-state index contributed by atoms with van der Waals surface area (Å²) in [5.74, 6) is -0.372. The Morgan fingerprint density at radius 1 is 1.10 bits per heavy atom. The molecule has 0 unspecified atom stereocenters. The fourth-order valence-corrected chi connectivity index (χ4v) is 2.16. The minimum atomic E-state index is -4.71. The number of hydrogen-bond acceptors (Lipinski definition) is 2. The Kier molecular flexibility index (Phi) is 6.05. The average molecular weight is 288 g/mol. The van der Waals surface area contributed by atoms with Crippen LogP contribution >= 0.6 is 0 Å². The van der Waals surface area contributed by atoms with E-state index in [1.165, 1.54) is 24.3 Å². The van der Waals surface area contributed by atoms with E-state index in [0.717, 1.165) is 25.7 Å². The van der Waals surface area contributed by atoms with Gasteiger partial charge in [-0.2, -0.15) is 0 Å². The monoisotopic (exact) mass is 288 g/mol. The van der Waals surface area contributed by atoms with Crippen molar-refractivity contribution in [1.82, 2.24) is 0 Å². The Labute approximate surface area is 116 Å². The number of ether oxygens (including phenoxy) is 1. The lowest BCUT2D eigenvalue weighted by atomic mass is 9.90. The van der Waals surface area contributed by atoms with Crippen molar-refractivity contribution >= 4 is 5.78 Å². The fourth-order valence-electron chi connectivity index (χ4n) is 2.16. The number of rotatable bonds is 7. The molecule has 0 spiro atoms. The van der Waals surface area contributed by atoms with E-state index in [1.54, 1.807) is 0 Å². The number of carbonyl (C=O) groups is 1. The summed E-state index contributed by atoms with van der Waals surface area (Å²) in [7, 11) is 0. The van der Waals surface area contributed by atoms with Gasteiger partial charge in [0, 0.05) is 11.5 Å². The maximum atomic E-state index is 12.3. The van der Waals surface area contributed by atoms with Crippen molar-refractivity contribution in [2.24, 2.45) is 5.92 Å². The molecule has 0 fully saturated rings. The lowest BCUT2D eigenvalue weighted by Crippen LogP contribution is -2.17. The minimum absolute atomic E-state index is 0.00717. The summed E-state index contributed by atoms with van der Waals surface area (Å²) < 4.78 is 39.9. The minimum Gasteiger partial charge on any atom is -0.406 e. The molecule has 2 nitrogen and oxygen atoms in total. The molecule has 20 heavy (non-hydrogen) atoms. The maximum absolute atomic E-state index is 12.3. The van der Waals surface area contributed by atoms with E-state index in [-0.39, 0.29) is 17.5 Å². The topological polar surface area (TPSA) is 26.3 Å². The van der Waals surface area contributed by atoms with Gasteiger partial charge in [-0.1, -0.05) is 26.7 Å². The Bertz CT molecular complexity index is 418. The number of alkyl halides is 3. The number of ketones is 1. The molecule has 0 aliphatic heterocycles. The molecule has 0 aliphatic carbocycles. The van der Waals surface area contributed by atoms with Crippen LogP contribution in [0.25, 0.3) is 0 Å². The number of benzene rings is 1. The van der Waals surface area contributed by atoms with E-state index >= 15 is 0 Å². The molecule has 0 aromatic heterocycles. The first kappa shape index (κ1) is 16.5. The summed E-state index contributed by atoms with van der Waals surface area (Å²) in [6, 6.07) is 5.13. The second-order valence-electron chi connectivity index (χ2n) is 4.71. The van der Waals surface area contributed by atoms with E-state index < -0.39 is 6.36 Å². The van der Waals surface area contributed by atoms with Gasteiger partial charge in [-0.15, -0.1) is 13.2 Å². The van der Waals surface area contributed by atoms with Crippen molar-refractivity contribution in [1.29, 1.82) is 0 Å². The highest BCUT2D eigenvalue weighted by atomic mass is 19.4. The Balaban J connectivity index is 2.78. The van der Waals surface area contributed by atoms with Gasteiger partial charge >= 0.3 is 6.36 Å². The number of halogens is 3. The molecule has 112 valence electrons. The molecule has 0 heterocycles. The van der Waals surface area contributed by atoms with Crippen LogP contribution in [0.1, 0.15) is 49.9 Å². The molecular formula is C15H19F3O2. The maximum Gasteiger partial charge on any atom is 0.573 e. The van der Waals surface area contributed by atoms with E-state index in [9.17, 15) is 18.0 Å². The van der Waals surface area contributed by atoms with Crippen LogP contribution in [-0.4, -0.2) is 12.1 Å². The van der Waals surface area contributed by atoms with Gasteiger partial charge < -0.3 is 4.74 Å². The summed E-state index contributed by atoms with van der Waals surface area (Å²) in [5.41, 5.74) is 0.437. The first-order valence-corrected chi connectivity index (χ1v) is 6.77. The van der Waals surface area contributed by atoms with E-state index in [2.05, 4.69) is 4.74 Å². The molecule has 1 aromatic rings. The van der Waals surface area contributed by atoms with Gasteiger partial charge in [0.1, 0.15) is 5.75 Å². The highest BCUT2D eigenvalue weighted by Gasteiger charge is 2.31. The van der Waals surface area contributed by atoms with Crippen LogP contribution in [0.5, 0.6) is 5.75 Å². The third-order valence-electron chi connectivity index (χ3n) is 3.02. The molecule has 5 heteroatoms. The molecule has 1 rings (SSSR count). The van der Waals surface area contributed by atoms with Crippen LogP contribution in [0.4, 0.5) is 13.2 Å². The SMILES string of the molecule is CCCC(CCC)C(=O)c1ccc(OC(F)(F)F)cc1. The van der Waals surface area contributed by atoms with Gasteiger partial charge in [0.05, 0.1) is 0 Å². The second-order valence-corrected chi connectivity index (χ2v) is 4.71. The van der Waals surface area contributed by atoms with E-state index in [0.29, 0.717) is 5.56 Å². The van der Waals surface area contributed by atoms with Crippen LogP contribution < -0.4 is 4.74 Å². The molecule has 0 saturated heterocycles. The van der Waals surface area contributed by atoms with Crippen LogP contribution in [0.15, 0.2) is 24.3 Å². The second kappa shape index (κ2) is 7.31. The molecule has 0 N–H and O–H groups in total. The highest BCUT2D eigenvalue weighted by Crippen LogP contribution is 2.25. The summed E-state index contributed by atoms with van der Waals surface area (Å²) in [4.78, 5) is 12.3. The van der Waals surface area contributed by atoms with E-state index in [4.69, 9.17) is 0 Å². The van der Waals surface area contributed by atoms with Gasteiger partial charge in [-0.05, 0) is 37.1 Å². The molecule has 0 bridgehead atoms. The lowest BCUT2D eigenvalue weighted by molar-refractivity contribution is -0.274. The average Bonchev–Trinajstić information content (AvgIpc) is 2.37. The molecule has 0 atom stereocenters. The zero-order chi connectivity index (χ0) is 15.2. The quantitative estimate of drug-likeness (QED) is 0.661. The van der Waals surface area contributed by atoms with Crippen LogP contribution in [-0.2, 0) is 0 Å². The Morgan fingerprint density at radius 2 is 1.60 bits per heavy atom. The van der Waals surface area contributed by atoms with E-state index in [1.807, 2.05) is 13.8 Å². The highest BCUT2D eigenvalue weighted by molar-refractivity contribution is 5.97. The van der Waals surface area contributed by atoms with Gasteiger partial charge in [-0.3, -0.25) is 4.79 Å². The molecule has 1 aromatic carbocycles. The lowest BCUT2D eigenvalue weighted by Gasteiger charge is -2.14. The smallest absolute Gasteiger partial charge is 0.406 e. The van der Waals surface area contributed by atoms with Crippen LogP contribution in [0, 0.1) is 5.92 Å². The fraction of sp³-hybridized carbons (Fsp3) is 0.533. The number of hydrogen-bond donors (Lipinski definition) is 0. The molecule has 0 radical (unpaired) electrons. The first-order chi connectivity index (χ1) is 9.37. The van der Waals surface area contributed by atoms with Crippen molar-refractivity contribution in [2.45, 2.75) is 45.9 Å². The third kappa shape index (κ3) is 5.23. The standard InChI is InChI=1S/C15H19F3O2/c1-3-5-11(6-4-2)14(19)12-7-9-13(10-8-12)20-15(16,17)18/h7-11H,3-6H2,1-2H3. The summed E-state index contributed by atoms with van der Waals surface area (Å²) >= 11 is 0. The van der Waals surface area contributed by atoms with Crippen molar-refractivity contribution < 1.29 is 22.7 Å². The van der Waals surface area contributed by atoms with Gasteiger partial charge in [0.2, 0.25) is 0 Å². The largest absolute Gasteiger partial charge is 0.573 e.